The third kappa shape index (κ3) is 4.28. The number of thiazole rings is 1. The minimum absolute atomic E-state index is 0.161. The standard InChI is InChI=1S/C25H25N3O5S2/c1-15-4-9-20-17(12-15)10-11-28(20)35(30,31)18-7-5-16(6-8-18)24(29)27-25-26-19-13-21(32-2)22(33-3)14-23(19)34-25/h4-9,13-15H,10-12H2,1-3H3,(H,26,27,29). The van der Waals surface area contributed by atoms with Crippen LogP contribution >= 0.6 is 11.3 Å². The van der Waals surface area contributed by atoms with E-state index >= 15 is 0 Å². The average Bonchev–Trinajstić information content (AvgIpc) is 3.46. The summed E-state index contributed by atoms with van der Waals surface area (Å²) in [5.41, 5.74) is 2.99. The molecule has 1 aliphatic carbocycles. The second kappa shape index (κ2) is 9.01. The molecule has 3 aromatic rings. The van der Waals surface area contributed by atoms with Crippen molar-refractivity contribution < 1.29 is 22.7 Å². The molecule has 0 saturated carbocycles. The normalized spacial score (nSPS) is 17.6. The Labute approximate surface area is 207 Å². The zero-order valence-corrected chi connectivity index (χ0v) is 21.2. The van der Waals surface area contributed by atoms with E-state index in [0.29, 0.717) is 40.2 Å². The van der Waals surface area contributed by atoms with Gasteiger partial charge >= 0.3 is 0 Å². The molecule has 2 aliphatic rings. The second-order valence-electron chi connectivity index (χ2n) is 8.53. The number of fused-ring (bicyclic) bond motifs is 1. The predicted molar refractivity (Wildman–Crippen MR) is 136 cm³/mol. The van der Waals surface area contributed by atoms with Crippen LogP contribution in [0.4, 0.5) is 5.13 Å². The highest BCUT2D eigenvalue weighted by Crippen LogP contribution is 2.38. The molecule has 0 radical (unpaired) electrons. The molecule has 2 aromatic carbocycles. The smallest absolute Gasteiger partial charge is 0.264 e. The van der Waals surface area contributed by atoms with Gasteiger partial charge in [0.05, 0.1) is 35.0 Å². The molecule has 0 fully saturated rings. The number of benzene rings is 2. The van der Waals surface area contributed by atoms with Gasteiger partial charge in [0.2, 0.25) is 0 Å². The van der Waals surface area contributed by atoms with Crippen LogP contribution in [0.15, 0.2) is 64.7 Å². The molecule has 35 heavy (non-hydrogen) atoms. The van der Waals surface area contributed by atoms with E-state index in [4.69, 9.17) is 9.47 Å². The number of ether oxygens (including phenoxy) is 2. The molecule has 1 amide bonds. The molecular weight excluding hydrogens is 486 g/mol. The molecule has 8 nitrogen and oxygen atoms in total. The summed E-state index contributed by atoms with van der Waals surface area (Å²) in [4.78, 5) is 17.4. The van der Waals surface area contributed by atoms with Crippen molar-refractivity contribution in [3.63, 3.8) is 0 Å². The topological polar surface area (TPSA) is 97.8 Å². The monoisotopic (exact) mass is 511 g/mol. The molecule has 0 bridgehead atoms. The van der Waals surface area contributed by atoms with Gasteiger partial charge in [-0.25, -0.2) is 13.4 Å². The van der Waals surface area contributed by atoms with Crippen molar-refractivity contribution in [2.45, 2.75) is 24.7 Å². The molecule has 1 N–H and O–H groups in total. The molecule has 1 atom stereocenters. The average molecular weight is 512 g/mol. The Morgan fingerprint density at radius 3 is 2.57 bits per heavy atom. The summed E-state index contributed by atoms with van der Waals surface area (Å²) < 4.78 is 39.5. The lowest BCUT2D eigenvalue weighted by Gasteiger charge is -2.23. The van der Waals surface area contributed by atoms with E-state index in [-0.39, 0.29) is 10.8 Å². The molecule has 0 spiro atoms. The maximum absolute atomic E-state index is 13.3. The van der Waals surface area contributed by atoms with Gasteiger partial charge in [-0.1, -0.05) is 24.3 Å². The molecular formula is C25H25N3O5S2. The van der Waals surface area contributed by atoms with Crippen molar-refractivity contribution in [2.75, 3.05) is 26.1 Å². The van der Waals surface area contributed by atoms with Gasteiger partial charge in [-0.05, 0) is 54.7 Å². The van der Waals surface area contributed by atoms with Gasteiger partial charge in [-0.3, -0.25) is 14.4 Å². The van der Waals surface area contributed by atoms with Gasteiger partial charge in [0, 0.05) is 24.2 Å². The number of carbonyl (C=O) groups is 1. The first-order chi connectivity index (χ1) is 16.8. The lowest BCUT2D eigenvalue weighted by atomic mass is 9.94. The summed E-state index contributed by atoms with van der Waals surface area (Å²) in [7, 11) is -0.591. The number of aromatic nitrogens is 1. The number of nitrogens with one attached hydrogen (secondary N) is 1. The number of amides is 1. The van der Waals surface area contributed by atoms with Gasteiger partial charge in [0.1, 0.15) is 0 Å². The summed E-state index contributed by atoms with van der Waals surface area (Å²) >= 11 is 1.31. The molecule has 1 aliphatic heterocycles. The van der Waals surface area contributed by atoms with Crippen LogP contribution in [0.25, 0.3) is 10.2 Å². The Morgan fingerprint density at radius 1 is 1.14 bits per heavy atom. The Morgan fingerprint density at radius 2 is 1.86 bits per heavy atom. The number of nitrogens with zero attached hydrogens (tertiary/aromatic N) is 2. The fraction of sp³-hybridized carbons (Fsp3) is 0.280. The first kappa shape index (κ1) is 23.4. The van der Waals surface area contributed by atoms with Crippen LogP contribution in [0, 0.1) is 5.92 Å². The summed E-state index contributed by atoms with van der Waals surface area (Å²) in [5, 5.41) is 3.21. The highest BCUT2D eigenvalue weighted by Gasteiger charge is 2.33. The summed E-state index contributed by atoms with van der Waals surface area (Å²) in [6.07, 6.45) is 5.61. The van der Waals surface area contributed by atoms with Gasteiger partial charge in [-0.15, -0.1) is 0 Å². The molecule has 5 rings (SSSR count). The number of carbonyl (C=O) groups excluding carboxylic acids is 1. The van der Waals surface area contributed by atoms with Gasteiger partial charge in [-0.2, -0.15) is 0 Å². The summed E-state index contributed by atoms with van der Waals surface area (Å²) in [6.45, 7) is 2.57. The third-order valence-electron chi connectivity index (χ3n) is 6.22. The SMILES string of the molecule is COc1cc2nc(NC(=O)c3ccc(S(=O)(=O)N4CCC5=C4C=CC(C)C5)cc3)sc2cc1OC. The number of methoxy groups -OCH3 is 2. The van der Waals surface area contributed by atoms with Crippen LogP contribution < -0.4 is 14.8 Å². The molecule has 1 aromatic heterocycles. The van der Waals surface area contributed by atoms with Gasteiger partial charge < -0.3 is 9.47 Å². The van der Waals surface area contributed by atoms with E-state index in [9.17, 15) is 13.2 Å². The molecule has 182 valence electrons. The van der Waals surface area contributed by atoms with Crippen molar-refractivity contribution >= 4 is 42.6 Å². The third-order valence-corrected chi connectivity index (χ3v) is 8.98. The van der Waals surface area contributed by atoms with Crippen molar-refractivity contribution in [1.29, 1.82) is 0 Å². The Kier molecular flexibility index (Phi) is 6.02. The highest BCUT2D eigenvalue weighted by atomic mass is 32.2. The zero-order chi connectivity index (χ0) is 24.7. The molecule has 0 saturated heterocycles. The van der Waals surface area contributed by atoms with Crippen LogP contribution in [0.3, 0.4) is 0 Å². The Balaban J connectivity index is 1.33. The van der Waals surface area contributed by atoms with Crippen molar-refractivity contribution in [3.8, 4) is 11.5 Å². The number of allylic oxidation sites excluding steroid dienone is 2. The zero-order valence-electron chi connectivity index (χ0n) is 19.6. The predicted octanol–water partition coefficient (Wildman–Crippen LogP) is 4.81. The van der Waals surface area contributed by atoms with Crippen LogP contribution in [-0.4, -0.2) is 44.4 Å². The summed E-state index contributed by atoms with van der Waals surface area (Å²) in [6, 6.07) is 9.55. The number of sulfonamides is 1. The van der Waals surface area contributed by atoms with E-state index in [0.717, 1.165) is 23.2 Å². The van der Waals surface area contributed by atoms with Crippen LogP contribution in [-0.2, 0) is 10.0 Å². The van der Waals surface area contributed by atoms with Crippen LogP contribution in [0.5, 0.6) is 11.5 Å². The van der Waals surface area contributed by atoms with Crippen molar-refractivity contribution in [1.82, 2.24) is 9.29 Å². The second-order valence-corrected chi connectivity index (χ2v) is 11.4. The largest absolute Gasteiger partial charge is 0.493 e. The number of hydrogen-bond acceptors (Lipinski definition) is 7. The number of anilines is 1. The van der Waals surface area contributed by atoms with E-state index in [2.05, 4.69) is 17.2 Å². The summed E-state index contributed by atoms with van der Waals surface area (Å²) in [5.74, 6) is 1.19. The Bertz CT molecular complexity index is 1430. The van der Waals surface area contributed by atoms with Gasteiger partial charge in [0.25, 0.3) is 15.9 Å². The van der Waals surface area contributed by atoms with E-state index in [1.54, 1.807) is 20.3 Å². The minimum atomic E-state index is -3.70. The fourth-order valence-electron chi connectivity index (χ4n) is 4.41. The maximum atomic E-state index is 13.3. The first-order valence-corrected chi connectivity index (χ1v) is 13.4. The molecule has 2 heterocycles. The van der Waals surface area contributed by atoms with Crippen molar-refractivity contribution in [2.24, 2.45) is 5.92 Å². The number of rotatable bonds is 6. The fourth-order valence-corrected chi connectivity index (χ4v) is 6.80. The molecule has 10 heteroatoms. The van der Waals surface area contributed by atoms with Crippen molar-refractivity contribution in [3.05, 3.63) is 65.4 Å². The quantitative estimate of drug-likeness (QED) is 0.510. The number of hydrogen-bond donors (Lipinski definition) is 1. The lowest BCUT2D eigenvalue weighted by Crippen LogP contribution is -2.28. The van der Waals surface area contributed by atoms with E-state index in [1.165, 1.54) is 45.5 Å². The van der Waals surface area contributed by atoms with Crippen LogP contribution in [0.2, 0.25) is 0 Å². The molecule has 1 unspecified atom stereocenters. The first-order valence-electron chi connectivity index (χ1n) is 11.2. The Hall–Kier alpha value is -3.37. The minimum Gasteiger partial charge on any atom is -0.493 e. The highest BCUT2D eigenvalue weighted by molar-refractivity contribution is 7.89. The van der Waals surface area contributed by atoms with E-state index < -0.39 is 10.0 Å². The lowest BCUT2D eigenvalue weighted by molar-refractivity contribution is 0.102. The van der Waals surface area contributed by atoms with Crippen LogP contribution in [0.1, 0.15) is 30.1 Å². The maximum Gasteiger partial charge on any atom is 0.264 e. The van der Waals surface area contributed by atoms with E-state index in [1.807, 2.05) is 18.2 Å². The van der Waals surface area contributed by atoms with Gasteiger partial charge in [0.15, 0.2) is 16.6 Å².